The van der Waals surface area contributed by atoms with Crippen molar-refractivity contribution in [2.24, 2.45) is 7.05 Å². The molecule has 1 aliphatic rings. The van der Waals surface area contributed by atoms with Crippen molar-refractivity contribution in [2.45, 2.75) is 13.0 Å². The average Bonchev–Trinajstić information content (AvgIpc) is 2.88. The Morgan fingerprint density at radius 1 is 1.03 bits per heavy atom. The minimum atomic E-state index is -0.319. The highest BCUT2D eigenvalue weighted by Crippen LogP contribution is 2.32. The molecular formula is C27H25FN6O. The number of piperazine rings is 1. The Hall–Kier alpha value is -4.09. The molecule has 1 aliphatic heterocycles. The fourth-order valence-corrected chi connectivity index (χ4v) is 4.85. The number of hydrogen-bond acceptors (Lipinski definition) is 6. The first-order valence-electron chi connectivity index (χ1n) is 11.5. The molecule has 4 aromatic rings. The smallest absolute Gasteiger partial charge is 0.270 e. The van der Waals surface area contributed by atoms with Crippen LogP contribution in [-0.4, -0.2) is 45.6 Å². The highest BCUT2D eigenvalue weighted by molar-refractivity contribution is 5.91. The zero-order chi connectivity index (χ0) is 24.5. The van der Waals surface area contributed by atoms with Crippen LogP contribution in [0.1, 0.15) is 28.6 Å². The zero-order valence-corrected chi connectivity index (χ0v) is 19.6. The van der Waals surface area contributed by atoms with Gasteiger partial charge in [-0.2, -0.15) is 5.26 Å². The number of nitrogens with zero attached hydrogens (tertiary/aromatic N) is 6. The molecule has 0 spiro atoms. The van der Waals surface area contributed by atoms with Crippen LogP contribution in [0.25, 0.3) is 11.0 Å². The number of benzene rings is 1. The minimum Gasteiger partial charge on any atom is -0.366 e. The Kier molecular flexibility index (Phi) is 6.01. The number of aryl methyl sites for hydroxylation is 2. The van der Waals surface area contributed by atoms with Gasteiger partial charge in [0.25, 0.3) is 5.56 Å². The molecule has 0 radical (unpaired) electrons. The number of anilines is 1. The third kappa shape index (κ3) is 4.15. The summed E-state index contributed by atoms with van der Waals surface area (Å²) >= 11 is 0. The standard InChI is InChI=1S/C27H25FN6O/c1-18-6-11-23-24(31-18)26(21(17-29)27(35)32(23)2)34-15-13-33(14-16-34)25(22-5-3-4-12-30-22)19-7-9-20(28)10-8-19/h3-12,25H,13-16H2,1-2H3. The summed E-state index contributed by atoms with van der Waals surface area (Å²) in [5.41, 5.74) is 4.45. The van der Waals surface area contributed by atoms with Crippen LogP contribution >= 0.6 is 0 Å². The van der Waals surface area contributed by atoms with Crippen LogP contribution in [-0.2, 0) is 7.05 Å². The normalized spacial score (nSPS) is 15.2. The molecule has 0 saturated carbocycles. The first-order chi connectivity index (χ1) is 17.0. The summed E-state index contributed by atoms with van der Waals surface area (Å²) in [5, 5.41) is 9.88. The second-order valence-corrected chi connectivity index (χ2v) is 8.75. The summed E-state index contributed by atoms with van der Waals surface area (Å²) in [4.78, 5) is 26.7. The van der Waals surface area contributed by atoms with Crippen molar-refractivity contribution >= 4 is 16.7 Å². The second-order valence-electron chi connectivity index (χ2n) is 8.75. The van der Waals surface area contributed by atoms with Crippen LogP contribution in [0.4, 0.5) is 10.1 Å². The molecule has 1 atom stereocenters. The Balaban J connectivity index is 1.51. The van der Waals surface area contributed by atoms with Crippen LogP contribution in [0.5, 0.6) is 0 Å². The Morgan fingerprint density at radius 3 is 2.43 bits per heavy atom. The van der Waals surface area contributed by atoms with Crippen molar-refractivity contribution in [3.05, 3.63) is 99.5 Å². The van der Waals surface area contributed by atoms with E-state index in [1.54, 1.807) is 25.4 Å². The molecule has 0 amide bonds. The van der Waals surface area contributed by atoms with Gasteiger partial charge in [0.1, 0.15) is 23.0 Å². The zero-order valence-electron chi connectivity index (χ0n) is 19.6. The molecule has 1 fully saturated rings. The third-order valence-corrected chi connectivity index (χ3v) is 6.62. The summed E-state index contributed by atoms with van der Waals surface area (Å²) in [6.45, 7) is 4.46. The van der Waals surface area contributed by atoms with Crippen LogP contribution in [0.3, 0.4) is 0 Å². The number of nitriles is 1. The minimum absolute atomic E-state index is 0.117. The van der Waals surface area contributed by atoms with Gasteiger partial charge in [0.2, 0.25) is 0 Å². The number of fused-ring (bicyclic) bond motifs is 1. The van der Waals surface area contributed by atoms with Gasteiger partial charge in [-0.3, -0.25) is 14.7 Å². The highest BCUT2D eigenvalue weighted by atomic mass is 19.1. The molecule has 5 rings (SSSR count). The maximum absolute atomic E-state index is 13.6. The van der Waals surface area contributed by atoms with E-state index in [2.05, 4.69) is 20.9 Å². The van der Waals surface area contributed by atoms with E-state index in [0.717, 1.165) is 17.0 Å². The van der Waals surface area contributed by atoms with E-state index < -0.39 is 0 Å². The van der Waals surface area contributed by atoms with Crippen LogP contribution in [0, 0.1) is 24.1 Å². The molecule has 3 aromatic heterocycles. The van der Waals surface area contributed by atoms with E-state index >= 15 is 0 Å². The molecule has 0 aliphatic carbocycles. The summed E-state index contributed by atoms with van der Waals surface area (Å²) < 4.78 is 15.1. The number of halogens is 1. The van der Waals surface area contributed by atoms with Gasteiger partial charge in [0.05, 0.1) is 22.9 Å². The molecule has 7 nitrogen and oxygen atoms in total. The van der Waals surface area contributed by atoms with E-state index in [4.69, 9.17) is 4.98 Å². The quantitative estimate of drug-likeness (QED) is 0.456. The van der Waals surface area contributed by atoms with E-state index in [1.807, 2.05) is 37.3 Å². The summed E-state index contributed by atoms with van der Waals surface area (Å²) in [6.07, 6.45) is 1.77. The fourth-order valence-electron chi connectivity index (χ4n) is 4.85. The maximum Gasteiger partial charge on any atom is 0.270 e. The van der Waals surface area contributed by atoms with Gasteiger partial charge in [-0.15, -0.1) is 0 Å². The molecule has 1 aromatic carbocycles. The van der Waals surface area contributed by atoms with Gasteiger partial charge in [0, 0.05) is 45.1 Å². The molecule has 8 heteroatoms. The molecule has 1 unspecified atom stereocenters. The molecular weight excluding hydrogens is 443 g/mol. The second kappa shape index (κ2) is 9.28. The molecule has 1 saturated heterocycles. The van der Waals surface area contributed by atoms with E-state index in [0.29, 0.717) is 42.9 Å². The van der Waals surface area contributed by atoms with E-state index in [1.165, 1.54) is 16.7 Å². The summed E-state index contributed by atoms with van der Waals surface area (Å²) in [6, 6.07) is 18.1. The predicted octanol–water partition coefficient (Wildman–Crippen LogP) is 3.56. The van der Waals surface area contributed by atoms with Gasteiger partial charge in [0.15, 0.2) is 0 Å². The largest absolute Gasteiger partial charge is 0.366 e. The lowest BCUT2D eigenvalue weighted by atomic mass is 10.00. The van der Waals surface area contributed by atoms with E-state index in [9.17, 15) is 14.4 Å². The number of aromatic nitrogens is 3. The van der Waals surface area contributed by atoms with Crippen LogP contribution in [0.15, 0.2) is 65.6 Å². The monoisotopic (exact) mass is 468 g/mol. The molecule has 4 heterocycles. The summed E-state index contributed by atoms with van der Waals surface area (Å²) in [7, 11) is 1.67. The van der Waals surface area contributed by atoms with Crippen molar-refractivity contribution in [1.82, 2.24) is 19.4 Å². The van der Waals surface area contributed by atoms with Crippen molar-refractivity contribution in [2.75, 3.05) is 31.1 Å². The van der Waals surface area contributed by atoms with Gasteiger partial charge in [-0.1, -0.05) is 18.2 Å². The lowest BCUT2D eigenvalue weighted by Gasteiger charge is -2.40. The Labute approximate surface area is 202 Å². The summed E-state index contributed by atoms with van der Waals surface area (Å²) in [5.74, 6) is -0.275. The third-order valence-electron chi connectivity index (χ3n) is 6.62. The fraction of sp³-hybridized carbons (Fsp3) is 0.259. The van der Waals surface area contributed by atoms with Gasteiger partial charge in [-0.05, 0) is 48.9 Å². The average molecular weight is 469 g/mol. The van der Waals surface area contributed by atoms with E-state index in [-0.39, 0.29) is 23.0 Å². The van der Waals surface area contributed by atoms with Crippen LogP contribution < -0.4 is 10.5 Å². The Bertz CT molecular complexity index is 1470. The topological polar surface area (TPSA) is 78.1 Å². The molecule has 0 bridgehead atoms. The molecule has 35 heavy (non-hydrogen) atoms. The van der Waals surface area contributed by atoms with Crippen molar-refractivity contribution in [3.8, 4) is 6.07 Å². The van der Waals surface area contributed by atoms with Crippen molar-refractivity contribution in [3.63, 3.8) is 0 Å². The SMILES string of the molecule is Cc1ccc2c(n1)c(N1CCN(C(c3ccc(F)cc3)c3ccccn3)CC1)c(C#N)c(=O)n2C. The predicted molar refractivity (Wildman–Crippen MR) is 133 cm³/mol. The van der Waals surface area contributed by atoms with Gasteiger partial charge in [-0.25, -0.2) is 9.37 Å². The number of rotatable bonds is 4. The maximum atomic E-state index is 13.6. The Morgan fingerprint density at radius 2 is 1.77 bits per heavy atom. The molecule has 0 N–H and O–H groups in total. The lowest BCUT2D eigenvalue weighted by Crippen LogP contribution is -2.48. The first-order valence-corrected chi connectivity index (χ1v) is 11.5. The van der Waals surface area contributed by atoms with Crippen molar-refractivity contribution in [1.29, 1.82) is 5.26 Å². The molecule has 176 valence electrons. The van der Waals surface area contributed by atoms with Crippen LogP contribution in [0.2, 0.25) is 0 Å². The van der Waals surface area contributed by atoms with Gasteiger partial charge >= 0.3 is 0 Å². The lowest BCUT2D eigenvalue weighted by molar-refractivity contribution is 0.209. The van der Waals surface area contributed by atoms with Gasteiger partial charge < -0.3 is 9.47 Å². The van der Waals surface area contributed by atoms with Crippen molar-refractivity contribution < 1.29 is 4.39 Å². The first kappa shape index (κ1) is 22.7. The number of pyridine rings is 3. The highest BCUT2D eigenvalue weighted by Gasteiger charge is 2.30. The number of hydrogen-bond donors (Lipinski definition) is 0.